The largest absolute Gasteiger partial charge is 0.311 e. The van der Waals surface area contributed by atoms with Crippen molar-refractivity contribution in [1.82, 2.24) is 0 Å². The van der Waals surface area contributed by atoms with Crippen molar-refractivity contribution in [3.05, 3.63) is 174 Å². The first-order valence-corrected chi connectivity index (χ1v) is 22.3. The zero-order chi connectivity index (χ0) is 41.7. The zero-order valence-corrected chi connectivity index (χ0v) is 37.2. The normalized spacial score (nSPS) is 13.7. The highest BCUT2D eigenvalue weighted by molar-refractivity contribution is 7.33. The summed E-state index contributed by atoms with van der Waals surface area (Å²) < 4.78 is 2.73. The minimum atomic E-state index is -0.0978. The van der Waals surface area contributed by atoms with E-state index in [1.54, 1.807) is 0 Å². The number of thiophene rings is 1. The highest BCUT2D eigenvalue weighted by Gasteiger charge is 2.46. The molecule has 4 heteroatoms. The maximum atomic E-state index is 2.63. The molecule has 0 unspecified atom stereocenters. The van der Waals surface area contributed by atoms with Crippen LogP contribution in [0.4, 0.5) is 34.1 Å². The van der Waals surface area contributed by atoms with Crippen LogP contribution in [-0.2, 0) is 16.2 Å². The van der Waals surface area contributed by atoms with Gasteiger partial charge in [0.25, 0.3) is 6.71 Å². The molecular weight excluding hydrogens is 744 g/mol. The lowest BCUT2D eigenvalue weighted by atomic mass is 9.36. The van der Waals surface area contributed by atoms with E-state index in [-0.39, 0.29) is 23.0 Å². The number of rotatable bonds is 4. The SMILES string of the molecule is CC(C)(C)c1ccc(N2c3cc(C(C)(C)C)cc4c3B(c3cc(-c5ccccc5)ccc3N4c3ccc(-c4ccccc4)cc3)c3sc4ccc(C(C)(C)C)cc4c32)cc1. The molecule has 0 bridgehead atoms. The zero-order valence-electron chi connectivity index (χ0n) is 36.4. The Balaban J connectivity index is 1.31. The van der Waals surface area contributed by atoms with Gasteiger partial charge in [-0.05, 0) is 121 Å². The molecule has 0 radical (unpaired) electrons. The van der Waals surface area contributed by atoms with E-state index in [1.807, 2.05) is 11.3 Å². The number of nitrogens with zero attached hydrogens (tertiary/aromatic N) is 2. The predicted octanol–water partition coefficient (Wildman–Crippen LogP) is 14.2. The summed E-state index contributed by atoms with van der Waals surface area (Å²) in [7, 11) is 0. The van der Waals surface area contributed by atoms with E-state index in [4.69, 9.17) is 0 Å². The van der Waals surface area contributed by atoms with Gasteiger partial charge in [-0.1, -0.05) is 165 Å². The standard InChI is InChI=1S/C56H53BN2S/c1-54(2,3)40-23-28-44(29-24-40)59-49-35-42(56(7,8)9)34-48-51(49)57(53-52(59)45-33-41(55(4,5)6)25-31-50(45)60-53)46-32-39(37-18-14-11-15-19-37)22-30-47(46)58(48)43-26-20-38(21-27-43)36-16-12-10-13-17-36/h10-35H,1-9H3. The van der Waals surface area contributed by atoms with Crippen LogP contribution < -0.4 is 25.5 Å². The average Bonchev–Trinajstić information content (AvgIpc) is 3.62. The molecule has 2 aliphatic rings. The van der Waals surface area contributed by atoms with Crippen molar-refractivity contribution in [3.63, 3.8) is 0 Å². The van der Waals surface area contributed by atoms with E-state index in [0.717, 1.165) is 5.69 Å². The molecule has 296 valence electrons. The lowest BCUT2D eigenvalue weighted by Crippen LogP contribution is -2.60. The van der Waals surface area contributed by atoms with Crippen molar-refractivity contribution in [2.24, 2.45) is 0 Å². The molecule has 2 aliphatic heterocycles. The Kier molecular flexibility index (Phi) is 8.86. The molecule has 8 aromatic rings. The molecule has 0 N–H and O–H groups in total. The van der Waals surface area contributed by atoms with Crippen LogP contribution >= 0.6 is 11.3 Å². The van der Waals surface area contributed by atoms with Crippen molar-refractivity contribution >= 4 is 78.0 Å². The maximum absolute atomic E-state index is 2.63. The van der Waals surface area contributed by atoms with Crippen molar-refractivity contribution in [3.8, 4) is 22.3 Å². The van der Waals surface area contributed by atoms with Crippen LogP contribution in [0.25, 0.3) is 32.3 Å². The van der Waals surface area contributed by atoms with Crippen molar-refractivity contribution in [2.75, 3.05) is 9.80 Å². The maximum Gasteiger partial charge on any atom is 0.264 e. The third-order valence-electron chi connectivity index (χ3n) is 12.7. The molecule has 0 fully saturated rings. The lowest BCUT2D eigenvalue weighted by Gasteiger charge is -2.44. The Morgan fingerprint density at radius 1 is 0.417 bits per heavy atom. The first-order chi connectivity index (χ1) is 28.6. The highest BCUT2D eigenvalue weighted by Crippen LogP contribution is 2.50. The molecule has 0 saturated heterocycles. The summed E-state index contributed by atoms with van der Waals surface area (Å²) in [5.74, 6) is 0. The molecule has 7 aromatic carbocycles. The van der Waals surface area contributed by atoms with Gasteiger partial charge in [0, 0.05) is 43.3 Å². The number of benzene rings is 7. The third-order valence-corrected chi connectivity index (χ3v) is 13.9. The second kappa shape index (κ2) is 13.9. The van der Waals surface area contributed by atoms with Crippen molar-refractivity contribution < 1.29 is 0 Å². The predicted molar refractivity (Wildman–Crippen MR) is 263 cm³/mol. The van der Waals surface area contributed by atoms with Gasteiger partial charge in [-0.3, -0.25) is 0 Å². The summed E-state index contributed by atoms with van der Waals surface area (Å²) in [5, 5.41) is 1.33. The molecule has 0 spiro atoms. The van der Waals surface area contributed by atoms with E-state index >= 15 is 0 Å². The van der Waals surface area contributed by atoms with E-state index in [1.165, 1.54) is 93.2 Å². The summed E-state index contributed by atoms with van der Waals surface area (Å²) in [6, 6.07) is 59.7. The van der Waals surface area contributed by atoms with Crippen LogP contribution in [0, 0.1) is 0 Å². The Hall–Kier alpha value is -5.84. The first-order valence-electron chi connectivity index (χ1n) is 21.5. The van der Waals surface area contributed by atoms with Crippen LogP contribution in [0.3, 0.4) is 0 Å². The quantitative estimate of drug-likeness (QED) is 0.164. The highest BCUT2D eigenvalue weighted by atomic mass is 32.1. The Bertz CT molecular complexity index is 2910. The number of hydrogen-bond acceptors (Lipinski definition) is 3. The van der Waals surface area contributed by atoms with E-state index in [2.05, 4.69) is 230 Å². The number of hydrogen-bond donors (Lipinski definition) is 0. The van der Waals surface area contributed by atoms with Crippen LogP contribution in [0.1, 0.15) is 79.0 Å². The number of anilines is 6. The van der Waals surface area contributed by atoms with Gasteiger partial charge in [-0.15, -0.1) is 11.3 Å². The summed E-state index contributed by atoms with van der Waals surface area (Å²) in [4.78, 5) is 5.18. The monoisotopic (exact) mass is 796 g/mol. The van der Waals surface area contributed by atoms with Gasteiger partial charge in [-0.2, -0.15) is 0 Å². The van der Waals surface area contributed by atoms with Gasteiger partial charge in [0.1, 0.15) is 0 Å². The summed E-state index contributed by atoms with van der Waals surface area (Å²) in [6.45, 7) is 21.0. The van der Waals surface area contributed by atoms with Gasteiger partial charge in [0.2, 0.25) is 0 Å². The van der Waals surface area contributed by atoms with Gasteiger partial charge in [-0.25, -0.2) is 0 Å². The summed E-state index contributed by atoms with van der Waals surface area (Å²) in [6.07, 6.45) is 0. The van der Waals surface area contributed by atoms with Gasteiger partial charge in [0.05, 0.1) is 5.69 Å². The van der Waals surface area contributed by atoms with Crippen LogP contribution in [0.15, 0.2) is 158 Å². The van der Waals surface area contributed by atoms with Crippen LogP contribution in [0.2, 0.25) is 0 Å². The third kappa shape index (κ3) is 6.39. The molecule has 0 amide bonds. The average molecular weight is 797 g/mol. The molecule has 10 rings (SSSR count). The van der Waals surface area contributed by atoms with Crippen LogP contribution in [0.5, 0.6) is 0 Å². The molecule has 1 aromatic heterocycles. The fourth-order valence-electron chi connectivity index (χ4n) is 9.29. The number of fused-ring (bicyclic) bond motifs is 6. The molecule has 60 heavy (non-hydrogen) atoms. The lowest BCUT2D eigenvalue weighted by molar-refractivity contribution is 0.590. The molecule has 0 atom stereocenters. The fraction of sp³-hybridized carbons (Fsp3) is 0.214. The molecule has 2 nitrogen and oxygen atoms in total. The molecular formula is C56H53BN2S. The van der Waals surface area contributed by atoms with E-state index in [0.29, 0.717) is 0 Å². The van der Waals surface area contributed by atoms with Crippen molar-refractivity contribution in [2.45, 2.75) is 78.6 Å². The molecule has 0 aliphatic carbocycles. The molecule has 3 heterocycles. The van der Waals surface area contributed by atoms with Gasteiger partial charge < -0.3 is 9.80 Å². The first kappa shape index (κ1) is 38.4. The second-order valence-corrected chi connectivity index (χ2v) is 21.0. The Morgan fingerprint density at radius 3 is 1.52 bits per heavy atom. The Labute approximate surface area is 361 Å². The van der Waals surface area contributed by atoms with Crippen molar-refractivity contribution in [1.29, 1.82) is 0 Å². The fourth-order valence-corrected chi connectivity index (χ4v) is 10.6. The summed E-state index contributed by atoms with van der Waals surface area (Å²) >= 11 is 1.98. The van der Waals surface area contributed by atoms with Crippen LogP contribution in [-0.4, -0.2) is 6.71 Å². The topological polar surface area (TPSA) is 6.48 Å². The van der Waals surface area contributed by atoms with Gasteiger partial charge in [0.15, 0.2) is 0 Å². The smallest absolute Gasteiger partial charge is 0.264 e. The van der Waals surface area contributed by atoms with Gasteiger partial charge >= 0.3 is 0 Å². The van der Waals surface area contributed by atoms with E-state index in [9.17, 15) is 0 Å². The summed E-state index contributed by atoms with van der Waals surface area (Å²) in [5.41, 5.74) is 19.0. The Morgan fingerprint density at radius 2 is 0.917 bits per heavy atom. The minimum absolute atomic E-state index is 0.0138. The molecule has 0 saturated carbocycles. The minimum Gasteiger partial charge on any atom is -0.311 e. The van der Waals surface area contributed by atoms with E-state index < -0.39 is 0 Å². The second-order valence-electron chi connectivity index (χ2n) is 19.9.